The SMILES string of the molecule is C[C@@](O)(CN1CCN(S(=O)(=O)c2cccc3nsnc23)CC1)c1cccc(C(F)(F)F)c1. The number of alkyl halides is 3. The number of halogens is 3. The fourth-order valence-electron chi connectivity index (χ4n) is 3.81. The van der Waals surface area contributed by atoms with Crippen LogP contribution < -0.4 is 0 Å². The van der Waals surface area contributed by atoms with Crippen LogP contribution in [0.3, 0.4) is 0 Å². The Morgan fingerprint density at radius 2 is 1.69 bits per heavy atom. The van der Waals surface area contributed by atoms with Crippen LogP contribution in [0.15, 0.2) is 47.4 Å². The molecule has 2 heterocycles. The summed E-state index contributed by atoms with van der Waals surface area (Å²) in [6.45, 7) is 2.58. The number of nitrogens with zero attached hydrogens (tertiary/aromatic N) is 4. The average Bonchev–Trinajstić information content (AvgIpc) is 3.22. The Morgan fingerprint density at radius 3 is 2.38 bits per heavy atom. The van der Waals surface area contributed by atoms with Crippen molar-refractivity contribution < 1.29 is 26.7 Å². The molecule has 7 nitrogen and oxygen atoms in total. The lowest BCUT2D eigenvalue weighted by Gasteiger charge is -2.38. The van der Waals surface area contributed by atoms with E-state index < -0.39 is 27.4 Å². The summed E-state index contributed by atoms with van der Waals surface area (Å²) < 4.78 is 74.9. The third kappa shape index (κ3) is 4.50. The number of fused-ring (bicyclic) bond motifs is 1. The second-order valence-corrected chi connectivity index (χ2v) is 10.4. The van der Waals surface area contributed by atoms with Gasteiger partial charge in [0.1, 0.15) is 15.9 Å². The first-order chi connectivity index (χ1) is 15.0. The van der Waals surface area contributed by atoms with Crippen LogP contribution in [-0.2, 0) is 21.8 Å². The van der Waals surface area contributed by atoms with Crippen molar-refractivity contribution in [3.05, 3.63) is 53.6 Å². The van der Waals surface area contributed by atoms with Gasteiger partial charge >= 0.3 is 6.18 Å². The molecular weight excluding hydrogens is 465 g/mol. The summed E-state index contributed by atoms with van der Waals surface area (Å²) in [7, 11) is -3.78. The first-order valence-corrected chi connectivity index (χ1v) is 12.0. The average molecular weight is 487 g/mol. The quantitative estimate of drug-likeness (QED) is 0.597. The summed E-state index contributed by atoms with van der Waals surface area (Å²) in [4.78, 5) is 1.95. The predicted octanol–water partition coefficient (Wildman–Crippen LogP) is 2.92. The Balaban J connectivity index is 1.45. The second kappa shape index (κ2) is 8.34. The van der Waals surface area contributed by atoms with Crippen molar-refractivity contribution >= 4 is 32.8 Å². The number of β-amino-alcohol motifs (C(OH)–C–C–N with tert-alkyl or cyclic N) is 1. The van der Waals surface area contributed by atoms with E-state index in [4.69, 9.17) is 0 Å². The molecule has 1 N–H and O–H groups in total. The molecule has 12 heteroatoms. The summed E-state index contributed by atoms with van der Waals surface area (Å²) in [6, 6.07) is 9.46. The first-order valence-electron chi connectivity index (χ1n) is 9.82. The maximum Gasteiger partial charge on any atom is 0.416 e. The highest BCUT2D eigenvalue weighted by Gasteiger charge is 2.35. The zero-order chi connectivity index (χ0) is 23.1. The molecule has 0 radical (unpaired) electrons. The maximum absolute atomic E-state index is 13.1. The molecule has 0 saturated carbocycles. The molecule has 1 aliphatic rings. The van der Waals surface area contributed by atoms with Gasteiger partial charge in [0.15, 0.2) is 0 Å². The van der Waals surface area contributed by atoms with Gasteiger partial charge < -0.3 is 5.11 Å². The monoisotopic (exact) mass is 486 g/mol. The minimum Gasteiger partial charge on any atom is -0.384 e. The Hall–Kier alpha value is -2.12. The van der Waals surface area contributed by atoms with E-state index in [1.807, 2.05) is 4.90 Å². The van der Waals surface area contributed by atoms with E-state index in [0.29, 0.717) is 24.1 Å². The Bertz CT molecular complexity index is 1220. The van der Waals surface area contributed by atoms with E-state index in [1.165, 1.54) is 29.4 Å². The molecular formula is C20H21F3N4O3S2. The number of hydrogen-bond acceptors (Lipinski definition) is 7. The predicted molar refractivity (Wildman–Crippen MR) is 114 cm³/mol. The molecule has 0 amide bonds. The zero-order valence-corrected chi connectivity index (χ0v) is 18.7. The lowest BCUT2D eigenvalue weighted by molar-refractivity contribution is -0.137. The van der Waals surface area contributed by atoms with Crippen LogP contribution in [-0.4, -0.2) is 64.2 Å². The normalized spacial score (nSPS) is 18.7. The van der Waals surface area contributed by atoms with Crippen LogP contribution in [0, 0.1) is 0 Å². The molecule has 1 aromatic heterocycles. The fraction of sp³-hybridized carbons (Fsp3) is 0.400. The van der Waals surface area contributed by atoms with Gasteiger partial charge in [0.25, 0.3) is 0 Å². The van der Waals surface area contributed by atoms with E-state index in [1.54, 1.807) is 12.1 Å². The summed E-state index contributed by atoms with van der Waals surface area (Å²) in [6.07, 6.45) is -4.50. The Labute approximate surface area is 187 Å². The third-order valence-corrected chi connectivity index (χ3v) is 8.01. The van der Waals surface area contributed by atoms with E-state index >= 15 is 0 Å². The molecule has 1 fully saturated rings. The highest BCUT2D eigenvalue weighted by molar-refractivity contribution is 7.89. The molecule has 32 heavy (non-hydrogen) atoms. The van der Waals surface area contributed by atoms with E-state index in [2.05, 4.69) is 8.75 Å². The van der Waals surface area contributed by atoms with Crippen LogP contribution in [0.5, 0.6) is 0 Å². The number of sulfonamides is 1. The van der Waals surface area contributed by atoms with Crippen molar-refractivity contribution in [3.8, 4) is 0 Å². The van der Waals surface area contributed by atoms with Crippen molar-refractivity contribution in [2.24, 2.45) is 0 Å². The molecule has 3 aromatic rings. The van der Waals surface area contributed by atoms with Gasteiger partial charge in [0, 0.05) is 32.7 Å². The number of piperazine rings is 1. The maximum atomic E-state index is 13.1. The number of benzene rings is 2. The minimum atomic E-state index is -4.50. The molecule has 1 aliphatic heterocycles. The smallest absolute Gasteiger partial charge is 0.384 e. The molecule has 2 aromatic carbocycles. The highest BCUT2D eigenvalue weighted by Crippen LogP contribution is 2.33. The molecule has 1 saturated heterocycles. The van der Waals surface area contributed by atoms with Crippen LogP contribution in [0.2, 0.25) is 0 Å². The number of hydrogen-bond donors (Lipinski definition) is 1. The fourth-order valence-corrected chi connectivity index (χ4v) is 5.99. The Kier molecular flexibility index (Phi) is 6.01. The van der Waals surface area contributed by atoms with E-state index in [0.717, 1.165) is 23.9 Å². The van der Waals surface area contributed by atoms with Gasteiger partial charge in [-0.1, -0.05) is 18.2 Å². The van der Waals surface area contributed by atoms with Crippen molar-refractivity contribution in [1.29, 1.82) is 0 Å². The van der Waals surface area contributed by atoms with Crippen LogP contribution >= 0.6 is 11.7 Å². The lowest BCUT2D eigenvalue weighted by atomic mass is 9.93. The topological polar surface area (TPSA) is 86.6 Å². The van der Waals surface area contributed by atoms with Gasteiger partial charge in [-0.05, 0) is 36.8 Å². The molecule has 0 spiro atoms. The van der Waals surface area contributed by atoms with Gasteiger partial charge in [-0.15, -0.1) is 0 Å². The van der Waals surface area contributed by atoms with Crippen LogP contribution in [0.1, 0.15) is 18.1 Å². The standard InChI is InChI=1S/C20H21F3N4O3S2/c1-19(28,14-4-2-5-15(12-14)20(21,22)23)13-26-8-10-27(11-9-26)32(29,30)17-7-3-6-16-18(17)25-31-24-16/h2-7,12,28H,8-11,13H2,1H3/t19-/m1/s1. The molecule has 0 aliphatic carbocycles. The van der Waals surface area contributed by atoms with Crippen molar-refractivity contribution in [1.82, 2.24) is 18.0 Å². The van der Waals surface area contributed by atoms with Crippen LogP contribution in [0.4, 0.5) is 13.2 Å². The highest BCUT2D eigenvalue weighted by atomic mass is 32.2. The second-order valence-electron chi connectivity index (χ2n) is 7.92. The largest absolute Gasteiger partial charge is 0.416 e. The van der Waals surface area contributed by atoms with Crippen molar-refractivity contribution in [2.75, 3.05) is 32.7 Å². The number of aromatic nitrogens is 2. The third-order valence-electron chi connectivity index (χ3n) is 5.54. The molecule has 4 rings (SSSR count). The molecule has 0 unspecified atom stereocenters. The van der Waals surface area contributed by atoms with E-state index in [-0.39, 0.29) is 30.1 Å². The lowest BCUT2D eigenvalue weighted by Crippen LogP contribution is -2.51. The minimum absolute atomic E-state index is 0.0772. The van der Waals surface area contributed by atoms with Gasteiger partial charge in [-0.2, -0.15) is 26.2 Å². The molecule has 1 atom stereocenters. The van der Waals surface area contributed by atoms with Crippen LogP contribution in [0.25, 0.3) is 11.0 Å². The number of rotatable bonds is 5. The van der Waals surface area contributed by atoms with Gasteiger partial charge in [0.05, 0.1) is 22.9 Å². The summed E-state index contributed by atoms with van der Waals surface area (Å²) >= 11 is 0.948. The summed E-state index contributed by atoms with van der Waals surface area (Å²) in [5.41, 5.74) is -1.33. The molecule has 0 bridgehead atoms. The zero-order valence-electron chi connectivity index (χ0n) is 17.1. The van der Waals surface area contributed by atoms with Gasteiger partial charge in [-0.3, -0.25) is 4.90 Å². The summed E-state index contributed by atoms with van der Waals surface area (Å²) in [5.74, 6) is 0. The van der Waals surface area contributed by atoms with E-state index in [9.17, 15) is 26.7 Å². The van der Waals surface area contributed by atoms with Gasteiger partial charge in [-0.25, -0.2) is 8.42 Å². The van der Waals surface area contributed by atoms with Gasteiger partial charge in [0.2, 0.25) is 10.0 Å². The summed E-state index contributed by atoms with van der Waals surface area (Å²) in [5, 5.41) is 10.9. The van der Waals surface area contributed by atoms with Crippen molar-refractivity contribution in [2.45, 2.75) is 23.6 Å². The van der Waals surface area contributed by atoms with Crippen molar-refractivity contribution in [3.63, 3.8) is 0 Å². The molecule has 172 valence electrons. The Morgan fingerprint density at radius 1 is 1.03 bits per heavy atom. The first kappa shape index (κ1) is 23.1. The number of aliphatic hydroxyl groups is 1.